The summed E-state index contributed by atoms with van der Waals surface area (Å²) in [7, 11) is 4.14. The summed E-state index contributed by atoms with van der Waals surface area (Å²) in [6.45, 7) is 1.52. The first kappa shape index (κ1) is 16.1. The molecule has 110 valence electrons. The topological polar surface area (TPSA) is 73.9 Å². The molecule has 0 spiro atoms. The van der Waals surface area contributed by atoms with Crippen LogP contribution in [-0.2, 0) is 9.53 Å². The summed E-state index contributed by atoms with van der Waals surface area (Å²) in [5.74, 6) is -0.324. The Morgan fingerprint density at radius 1 is 1.15 bits per heavy atom. The van der Waals surface area contributed by atoms with Gasteiger partial charge in [-0.05, 0) is 6.92 Å². The number of halogens is 1. The predicted molar refractivity (Wildman–Crippen MR) is 74.8 cm³/mol. The molecular weight excluding hydrogens is 286 g/mol. The highest BCUT2D eigenvalue weighted by Gasteiger charge is 2.20. The third kappa shape index (κ3) is 3.54. The maximum absolute atomic E-state index is 11.8. The van der Waals surface area contributed by atoms with Gasteiger partial charge in [0.05, 0.1) is 32.6 Å². The standard InChI is InChI=1S/C13H16ClNO5/c1-7(14)12(16)15-9-6-11(19-3)10(18-2)5-8(9)13(17)20-4/h5-7H,1-4H3,(H,15,16)/t7-/m0/s1. The van der Waals surface area contributed by atoms with E-state index in [4.69, 9.17) is 21.1 Å². The van der Waals surface area contributed by atoms with E-state index in [-0.39, 0.29) is 11.3 Å². The molecule has 0 saturated carbocycles. The second kappa shape index (κ2) is 7.00. The van der Waals surface area contributed by atoms with Crippen molar-refractivity contribution in [1.82, 2.24) is 0 Å². The van der Waals surface area contributed by atoms with E-state index in [1.54, 1.807) is 0 Å². The van der Waals surface area contributed by atoms with Crippen LogP contribution in [0.25, 0.3) is 0 Å². The lowest BCUT2D eigenvalue weighted by Crippen LogP contribution is -2.22. The van der Waals surface area contributed by atoms with E-state index < -0.39 is 17.3 Å². The minimum atomic E-state index is -0.742. The lowest BCUT2D eigenvalue weighted by molar-refractivity contribution is -0.115. The minimum absolute atomic E-state index is 0.149. The Labute approximate surface area is 122 Å². The van der Waals surface area contributed by atoms with Crippen molar-refractivity contribution in [2.24, 2.45) is 0 Å². The second-order valence-electron chi connectivity index (χ2n) is 3.85. The molecule has 0 aliphatic rings. The van der Waals surface area contributed by atoms with Crippen LogP contribution in [0.15, 0.2) is 12.1 Å². The number of hydrogen-bond donors (Lipinski definition) is 1. The molecule has 1 amide bonds. The normalized spacial score (nSPS) is 11.4. The van der Waals surface area contributed by atoms with Gasteiger partial charge in [0.15, 0.2) is 11.5 Å². The first-order valence-electron chi connectivity index (χ1n) is 5.73. The molecule has 0 saturated heterocycles. The summed E-state index contributed by atoms with van der Waals surface area (Å²) in [5.41, 5.74) is 0.391. The number of methoxy groups -OCH3 is 3. The Hall–Kier alpha value is -1.95. The van der Waals surface area contributed by atoms with Crippen LogP contribution in [0.2, 0.25) is 0 Å². The van der Waals surface area contributed by atoms with E-state index in [2.05, 4.69) is 10.1 Å². The van der Waals surface area contributed by atoms with Gasteiger partial charge in [0.25, 0.3) is 0 Å². The molecule has 0 radical (unpaired) electrons. The smallest absolute Gasteiger partial charge is 0.340 e. The lowest BCUT2D eigenvalue weighted by atomic mass is 10.1. The average molecular weight is 302 g/mol. The van der Waals surface area contributed by atoms with E-state index >= 15 is 0 Å². The number of ether oxygens (including phenoxy) is 3. The zero-order valence-corrected chi connectivity index (χ0v) is 12.4. The average Bonchev–Trinajstić information content (AvgIpc) is 2.45. The summed E-state index contributed by atoms with van der Waals surface area (Å²) in [6.07, 6.45) is 0. The van der Waals surface area contributed by atoms with Crippen molar-refractivity contribution in [3.8, 4) is 11.5 Å². The molecule has 1 aromatic rings. The van der Waals surface area contributed by atoms with E-state index in [1.165, 1.54) is 40.4 Å². The Bertz CT molecular complexity index is 516. The zero-order chi connectivity index (χ0) is 15.3. The number of alkyl halides is 1. The van der Waals surface area contributed by atoms with Crippen LogP contribution in [0.5, 0.6) is 11.5 Å². The number of carbonyl (C=O) groups excluding carboxylic acids is 2. The molecule has 1 rings (SSSR count). The van der Waals surface area contributed by atoms with Gasteiger partial charge in [-0.15, -0.1) is 11.6 Å². The number of nitrogens with one attached hydrogen (secondary N) is 1. The van der Waals surface area contributed by atoms with Gasteiger partial charge >= 0.3 is 5.97 Å². The van der Waals surface area contributed by atoms with Crippen molar-refractivity contribution < 1.29 is 23.8 Å². The highest BCUT2D eigenvalue weighted by atomic mass is 35.5. The van der Waals surface area contributed by atoms with Gasteiger partial charge in [-0.2, -0.15) is 0 Å². The Kier molecular flexibility index (Phi) is 5.64. The van der Waals surface area contributed by atoms with E-state index in [9.17, 15) is 9.59 Å². The molecular formula is C13H16ClNO5. The van der Waals surface area contributed by atoms with Gasteiger partial charge in [0.2, 0.25) is 5.91 Å². The van der Waals surface area contributed by atoms with Crippen molar-refractivity contribution >= 4 is 29.2 Å². The molecule has 1 atom stereocenters. The molecule has 0 aliphatic carbocycles. The van der Waals surface area contributed by atoms with Crippen LogP contribution in [0, 0.1) is 0 Å². The number of rotatable bonds is 5. The van der Waals surface area contributed by atoms with Crippen LogP contribution in [-0.4, -0.2) is 38.6 Å². The lowest BCUT2D eigenvalue weighted by Gasteiger charge is -2.15. The predicted octanol–water partition coefficient (Wildman–Crippen LogP) is 2.06. The largest absolute Gasteiger partial charge is 0.493 e. The number of amides is 1. The van der Waals surface area contributed by atoms with Gasteiger partial charge in [-0.25, -0.2) is 4.79 Å². The first-order chi connectivity index (χ1) is 9.44. The molecule has 1 aromatic carbocycles. The fourth-order valence-corrected chi connectivity index (χ4v) is 1.55. The molecule has 0 heterocycles. The zero-order valence-electron chi connectivity index (χ0n) is 11.7. The summed E-state index contributed by atoms with van der Waals surface area (Å²) >= 11 is 5.69. The number of hydrogen-bond acceptors (Lipinski definition) is 5. The van der Waals surface area contributed by atoms with Gasteiger partial charge in [-0.1, -0.05) is 0 Å². The number of esters is 1. The van der Waals surface area contributed by atoms with Crippen molar-refractivity contribution in [2.75, 3.05) is 26.6 Å². The maximum atomic E-state index is 11.8. The van der Waals surface area contributed by atoms with Crippen molar-refractivity contribution in [2.45, 2.75) is 12.3 Å². The van der Waals surface area contributed by atoms with Gasteiger partial charge in [0, 0.05) is 12.1 Å². The quantitative estimate of drug-likeness (QED) is 0.665. The SMILES string of the molecule is COC(=O)c1cc(OC)c(OC)cc1NC(=O)[C@H](C)Cl. The van der Waals surface area contributed by atoms with E-state index in [0.717, 1.165) is 0 Å². The van der Waals surface area contributed by atoms with E-state index in [0.29, 0.717) is 11.5 Å². The Morgan fingerprint density at radius 2 is 1.70 bits per heavy atom. The first-order valence-corrected chi connectivity index (χ1v) is 6.17. The van der Waals surface area contributed by atoms with Crippen LogP contribution < -0.4 is 14.8 Å². The summed E-state index contributed by atoms with van der Waals surface area (Å²) < 4.78 is 14.9. The second-order valence-corrected chi connectivity index (χ2v) is 4.50. The molecule has 7 heteroatoms. The van der Waals surface area contributed by atoms with Crippen LogP contribution in [0.4, 0.5) is 5.69 Å². The summed E-state index contributed by atoms with van der Waals surface area (Å²) in [4.78, 5) is 23.4. The third-order valence-electron chi connectivity index (χ3n) is 2.55. The Balaban J connectivity index is 3.31. The molecule has 0 bridgehead atoms. The van der Waals surface area contributed by atoms with Crippen LogP contribution >= 0.6 is 11.6 Å². The number of benzene rings is 1. The maximum Gasteiger partial charge on any atom is 0.340 e. The molecule has 6 nitrogen and oxygen atoms in total. The highest BCUT2D eigenvalue weighted by molar-refractivity contribution is 6.32. The van der Waals surface area contributed by atoms with Crippen molar-refractivity contribution in [3.63, 3.8) is 0 Å². The van der Waals surface area contributed by atoms with E-state index in [1.807, 2.05) is 0 Å². The molecule has 0 aliphatic heterocycles. The fraction of sp³-hybridized carbons (Fsp3) is 0.385. The minimum Gasteiger partial charge on any atom is -0.493 e. The van der Waals surface area contributed by atoms with Gasteiger partial charge < -0.3 is 19.5 Å². The highest BCUT2D eigenvalue weighted by Crippen LogP contribution is 2.33. The number of anilines is 1. The van der Waals surface area contributed by atoms with Gasteiger partial charge in [-0.3, -0.25) is 4.79 Å². The number of carbonyl (C=O) groups is 2. The Morgan fingerprint density at radius 3 is 2.15 bits per heavy atom. The molecule has 0 unspecified atom stereocenters. The monoisotopic (exact) mass is 301 g/mol. The van der Waals surface area contributed by atoms with Gasteiger partial charge in [0.1, 0.15) is 5.38 Å². The molecule has 1 N–H and O–H groups in total. The third-order valence-corrected chi connectivity index (χ3v) is 2.75. The molecule has 0 fully saturated rings. The summed E-state index contributed by atoms with van der Waals surface area (Å²) in [6, 6.07) is 2.90. The van der Waals surface area contributed by atoms with Crippen LogP contribution in [0.1, 0.15) is 17.3 Å². The molecule has 0 aromatic heterocycles. The van der Waals surface area contributed by atoms with Crippen molar-refractivity contribution in [1.29, 1.82) is 0 Å². The fourth-order valence-electron chi connectivity index (χ4n) is 1.49. The van der Waals surface area contributed by atoms with Crippen molar-refractivity contribution in [3.05, 3.63) is 17.7 Å². The summed E-state index contributed by atoms with van der Waals surface area (Å²) in [5, 5.41) is 1.80. The molecule has 20 heavy (non-hydrogen) atoms. The van der Waals surface area contributed by atoms with Crippen LogP contribution in [0.3, 0.4) is 0 Å².